The molecule has 1 aromatic carbocycles. The molecule has 0 fully saturated rings. The van der Waals surface area contributed by atoms with E-state index in [-0.39, 0.29) is 22.3 Å². The number of rotatable bonds is 2. The van der Waals surface area contributed by atoms with E-state index in [0.29, 0.717) is 14.8 Å². The predicted octanol–water partition coefficient (Wildman–Crippen LogP) is 2.60. The predicted molar refractivity (Wildman–Crippen MR) is 80.9 cm³/mol. The quantitative estimate of drug-likeness (QED) is 0.792. The summed E-state index contributed by atoms with van der Waals surface area (Å²) in [4.78, 5) is 43.0. The molecule has 2 aromatic rings. The molecule has 6 nitrogen and oxygen atoms in total. The normalized spacial score (nSPS) is 13.0. The van der Waals surface area contributed by atoms with Crippen LogP contribution in [-0.2, 0) is 4.84 Å². The molecule has 0 atom stereocenters. The standard InChI is InChI=1S/C16H10N2O4S/c1-8-12(7-17)13(9(2)23-8)16(21)22-18-14(19)10-5-3-4-6-11(10)15(18)20/h3-6H,1-2H3. The monoisotopic (exact) mass is 326 g/mol. The highest BCUT2D eigenvalue weighted by atomic mass is 32.1. The van der Waals surface area contributed by atoms with Gasteiger partial charge in [-0.05, 0) is 26.0 Å². The Morgan fingerprint density at radius 1 is 1.13 bits per heavy atom. The molecule has 1 aliphatic rings. The zero-order valence-electron chi connectivity index (χ0n) is 12.2. The van der Waals surface area contributed by atoms with Crippen LogP contribution in [0.25, 0.3) is 0 Å². The largest absolute Gasteiger partial charge is 0.366 e. The number of hydrogen-bond acceptors (Lipinski definition) is 6. The molecular formula is C16H10N2O4S. The summed E-state index contributed by atoms with van der Waals surface area (Å²) >= 11 is 1.28. The number of carbonyl (C=O) groups is 3. The summed E-state index contributed by atoms with van der Waals surface area (Å²) in [5.41, 5.74) is 0.661. The van der Waals surface area contributed by atoms with Gasteiger partial charge >= 0.3 is 5.97 Å². The molecule has 0 aliphatic carbocycles. The molecule has 2 amide bonds. The fraction of sp³-hybridized carbons (Fsp3) is 0.125. The van der Waals surface area contributed by atoms with Crippen molar-refractivity contribution in [2.75, 3.05) is 0 Å². The van der Waals surface area contributed by atoms with E-state index in [1.807, 2.05) is 6.07 Å². The average molecular weight is 326 g/mol. The van der Waals surface area contributed by atoms with Crippen LogP contribution in [0.2, 0.25) is 0 Å². The van der Waals surface area contributed by atoms with Crippen LogP contribution in [0.1, 0.15) is 46.4 Å². The molecule has 1 aromatic heterocycles. The summed E-state index contributed by atoms with van der Waals surface area (Å²) < 4.78 is 0. The lowest BCUT2D eigenvalue weighted by Crippen LogP contribution is -2.33. The third-order valence-electron chi connectivity index (χ3n) is 3.51. The molecule has 0 bridgehead atoms. The average Bonchev–Trinajstić information content (AvgIpc) is 2.95. The van der Waals surface area contributed by atoms with Gasteiger partial charge in [0.25, 0.3) is 11.8 Å². The van der Waals surface area contributed by atoms with Crippen LogP contribution in [0, 0.1) is 25.2 Å². The number of benzene rings is 1. The minimum absolute atomic E-state index is 0.0894. The Morgan fingerprint density at radius 3 is 2.22 bits per heavy atom. The van der Waals surface area contributed by atoms with Crippen molar-refractivity contribution in [3.63, 3.8) is 0 Å². The molecule has 0 saturated carbocycles. The Hall–Kier alpha value is -2.98. The fourth-order valence-corrected chi connectivity index (χ4v) is 3.44. The zero-order chi connectivity index (χ0) is 16.7. The molecular weight excluding hydrogens is 316 g/mol. The fourth-order valence-electron chi connectivity index (χ4n) is 2.44. The highest BCUT2D eigenvalue weighted by Crippen LogP contribution is 2.29. The minimum atomic E-state index is -0.891. The first-order valence-corrected chi connectivity index (χ1v) is 7.47. The second-order valence-corrected chi connectivity index (χ2v) is 6.33. The van der Waals surface area contributed by atoms with Crippen molar-refractivity contribution >= 4 is 29.1 Å². The summed E-state index contributed by atoms with van der Waals surface area (Å²) in [7, 11) is 0. The van der Waals surface area contributed by atoms with Gasteiger partial charge in [0.05, 0.1) is 22.3 Å². The van der Waals surface area contributed by atoms with Gasteiger partial charge in [0.2, 0.25) is 0 Å². The topological polar surface area (TPSA) is 87.5 Å². The summed E-state index contributed by atoms with van der Waals surface area (Å²) in [5.74, 6) is -2.28. The minimum Gasteiger partial charge on any atom is -0.324 e. The molecule has 0 N–H and O–H groups in total. The SMILES string of the molecule is Cc1sc(C)c(C(=O)ON2C(=O)c3ccccc3C2=O)c1C#N. The van der Waals surface area contributed by atoms with Crippen LogP contribution < -0.4 is 0 Å². The first-order valence-electron chi connectivity index (χ1n) is 6.66. The third kappa shape index (κ3) is 2.20. The summed E-state index contributed by atoms with van der Waals surface area (Å²) in [5, 5.41) is 9.61. The highest BCUT2D eigenvalue weighted by molar-refractivity contribution is 7.12. The maximum atomic E-state index is 12.3. The molecule has 3 rings (SSSR count). The van der Waals surface area contributed by atoms with Crippen molar-refractivity contribution in [3.8, 4) is 6.07 Å². The number of nitrogens with zero attached hydrogens (tertiary/aromatic N) is 2. The first-order chi connectivity index (χ1) is 11.0. The smallest absolute Gasteiger partial charge is 0.324 e. The third-order valence-corrected chi connectivity index (χ3v) is 4.53. The molecule has 114 valence electrons. The molecule has 0 spiro atoms. The highest BCUT2D eigenvalue weighted by Gasteiger charge is 2.39. The zero-order valence-corrected chi connectivity index (χ0v) is 13.1. The number of imide groups is 1. The van der Waals surface area contributed by atoms with Crippen LogP contribution in [0.3, 0.4) is 0 Å². The maximum Gasteiger partial charge on any atom is 0.366 e. The van der Waals surface area contributed by atoms with Crippen molar-refractivity contribution in [2.45, 2.75) is 13.8 Å². The van der Waals surface area contributed by atoms with Crippen LogP contribution in [-0.4, -0.2) is 22.8 Å². The van der Waals surface area contributed by atoms with E-state index in [9.17, 15) is 14.4 Å². The van der Waals surface area contributed by atoms with E-state index < -0.39 is 17.8 Å². The van der Waals surface area contributed by atoms with Crippen molar-refractivity contribution in [1.82, 2.24) is 5.06 Å². The summed E-state index contributed by atoms with van der Waals surface area (Å²) in [6, 6.07) is 8.17. The number of aryl methyl sites for hydroxylation is 2. The van der Waals surface area contributed by atoms with Gasteiger partial charge in [-0.15, -0.1) is 11.3 Å². The van der Waals surface area contributed by atoms with E-state index in [1.165, 1.54) is 23.5 Å². The van der Waals surface area contributed by atoms with Gasteiger partial charge in [-0.25, -0.2) is 4.79 Å². The number of amides is 2. The van der Waals surface area contributed by atoms with Gasteiger partial charge in [0.15, 0.2) is 0 Å². The lowest BCUT2D eigenvalue weighted by molar-refractivity contribution is -0.0584. The Bertz CT molecular complexity index is 872. The van der Waals surface area contributed by atoms with Gasteiger partial charge in [0, 0.05) is 9.75 Å². The Morgan fingerprint density at radius 2 is 1.70 bits per heavy atom. The Labute approximate surface area is 135 Å². The molecule has 7 heteroatoms. The van der Waals surface area contributed by atoms with Crippen molar-refractivity contribution < 1.29 is 19.2 Å². The Balaban J connectivity index is 1.93. The lowest BCUT2D eigenvalue weighted by atomic mass is 10.1. The van der Waals surface area contributed by atoms with E-state index >= 15 is 0 Å². The molecule has 23 heavy (non-hydrogen) atoms. The van der Waals surface area contributed by atoms with E-state index in [1.54, 1.807) is 26.0 Å². The van der Waals surface area contributed by atoms with Crippen LogP contribution in [0.5, 0.6) is 0 Å². The maximum absolute atomic E-state index is 12.3. The van der Waals surface area contributed by atoms with Crippen LogP contribution in [0.15, 0.2) is 24.3 Å². The molecule has 2 heterocycles. The molecule has 0 saturated heterocycles. The number of hydroxylamine groups is 2. The van der Waals surface area contributed by atoms with Crippen molar-refractivity contribution in [2.24, 2.45) is 0 Å². The van der Waals surface area contributed by atoms with E-state index in [0.717, 1.165) is 0 Å². The summed E-state index contributed by atoms with van der Waals surface area (Å²) in [6.45, 7) is 3.40. The van der Waals surface area contributed by atoms with Gasteiger partial charge < -0.3 is 4.84 Å². The number of nitriles is 1. The van der Waals surface area contributed by atoms with Gasteiger partial charge in [-0.1, -0.05) is 17.2 Å². The van der Waals surface area contributed by atoms with E-state index in [2.05, 4.69) is 0 Å². The number of hydrogen-bond donors (Lipinski definition) is 0. The van der Waals surface area contributed by atoms with E-state index in [4.69, 9.17) is 10.1 Å². The lowest BCUT2D eigenvalue weighted by Gasteiger charge is -2.12. The van der Waals surface area contributed by atoms with Crippen molar-refractivity contribution in [3.05, 3.63) is 56.3 Å². The molecule has 0 radical (unpaired) electrons. The number of carbonyl (C=O) groups excluding carboxylic acids is 3. The van der Waals surface area contributed by atoms with Gasteiger partial charge in [-0.2, -0.15) is 5.26 Å². The van der Waals surface area contributed by atoms with Gasteiger partial charge in [0.1, 0.15) is 6.07 Å². The van der Waals surface area contributed by atoms with Crippen LogP contribution >= 0.6 is 11.3 Å². The number of fused-ring (bicyclic) bond motifs is 1. The van der Waals surface area contributed by atoms with Crippen molar-refractivity contribution in [1.29, 1.82) is 5.26 Å². The first kappa shape index (κ1) is 14.9. The summed E-state index contributed by atoms with van der Waals surface area (Å²) in [6.07, 6.45) is 0. The molecule has 0 unspecified atom stereocenters. The second kappa shape index (κ2) is 5.34. The molecule has 1 aliphatic heterocycles. The van der Waals surface area contributed by atoms with Crippen LogP contribution in [0.4, 0.5) is 0 Å². The Kier molecular flexibility index (Phi) is 3.47. The second-order valence-electron chi connectivity index (χ2n) is 4.91. The van der Waals surface area contributed by atoms with Gasteiger partial charge in [-0.3, -0.25) is 9.59 Å². The number of thiophene rings is 1.